The molecule has 2 rings (SSSR count). The molecule has 0 aliphatic heterocycles. The zero-order chi connectivity index (χ0) is 13.8. The van der Waals surface area contributed by atoms with Crippen LogP contribution < -0.4 is 4.74 Å². The van der Waals surface area contributed by atoms with Crippen molar-refractivity contribution in [2.24, 2.45) is 0 Å². The first-order chi connectivity index (χ1) is 9.11. The van der Waals surface area contributed by atoms with Crippen LogP contribution in [0.4, 0.5) is 4.39 Å². The molecule has 2 N–H and O–H groups in total. The minimum atomic E-state index is -0.817. The standard InChI is InChI=1S/C15H15FO3/c1-10(18)13-3-2-4-14(16)15(13)19-12-7-5-11(9-17)6-8-12/h2-8,10,17-18H,9H2,1H3. The number of aliphatic hydroxyl groups excluding tert-OH is 2. The maximum atomic E-state index is 13.8. The number of benzene rings is 2. The molecule has 0 saturated heterocycles. The lowest BCUT2D eigenvalue weighted by atomic mass is 10.1. The molecular formula is C15H15FO3. The Hall–Kier alpha value is -1.91. The molecule has 4 heteroatoms. The van der Waals surface area contributed by atoms with E-state index in [4.69, 9.17) is 9.84 Å². The highest BCUT2D eigenvalue weighted by molar-refractivity contribution is 5.40. The van der Waals surface area contributed by atoms with Gasteiger partial charge in [0.1, 0.15) is 5.75 Å². The van der Waals surface area contributed by atoms with Crippen LogP contribution >= 0.6 is 0 Å². The average Bonchev–Trinajstić information content (AvgIpc) is 2.41. The fraction of sp³-hybridized carbons (Fsp3) is 0.200. The molecule has 0 spiro atoms. The summed E-state index contributed by atoms with van der Waals surface area (Å²) >= 11 is 0. The number of hydrogen-bond acceptors (Lipinski definition) is 3. The van der Waals surface area contributed by atoms with Gasteiger partial charge in [0.15, 0.2) is 11.6 Å². The van der Waals surface area contributed by atoms with Crippen molar-refractivity contribution >= 4 is 0 Å². The summed E-state index contributed by atoms with van der Waals surface area (Å²) in [5, 5.41) is 18.6. The van der Waals surface area contributed by atoms with Crippen molar-refractivity contribution < 1.29 is 19.3 Å². The van der Waals surface area contributed by atoms with E-state index in [1.165, 1.54) is 12.1 Å². The maximum Gasteiger partial charge on any atom is 0.168 e. The van der Waals surface area contributed by atoms with Crippen LogP contribution in [0.1, 0.15) is 24.2 Å². The Labute approximate surface area is 110 Å². The number of hydrogen-bond donors (Lipinski definition) is 2. The Morgan fingerprint density at radius 1 is 1.16 bits per heavy atom. The zero-order valence-corrected chi connectivity index (χ0v) is 10.5. The van der Waals surface area contributed by atoms with Crippen molar-refractivity contribution in [2.45, 2.75) is 19.6 Å². The lowest BCUT2D eigenvalue weighted by molar-refractivity contribution is 0.194. The van der Waals surface area contributed by atoms with E-state index in [-0.39, 0.29) is 12.4 Å². The molecule has 0 aliphatic carbocycles. The molecule has 0 saturated carbocycles. The van der Waals surface area contributed by atoms with Crippen LogP contribution in [0.5, 0.6) is 11.5 Å². The summed E-state index contributed by atoms with van der Waals surface area (Å²) in [6.45, 7) is 1.50. The second-order valence-electron chi connectivity index (χ2n) is 4.24. The van der Waals surface area contributed by atoms with Crippen LogP contribution in [-0.4, -0.2) is 10.2 Å². The zero-order valence-electron chi connectivity index (χ0n) is 10.5. The van der Waals surface area contributed by atoms with Crippen LogP contribution in [0.25, 0.3) is 0 Å². The summed E-state index contributed by atoms with van der Waals surface area (Å²) < 4.78 is 19.2. The fourth-order valence-corrected chi connectivity index (χ4v) is 1.74. The highest BCUT2D eigenvalue weighted by Crippen LogP contribution is 2.32. The predicted octanol–water partition coefficient (Wildman–Crippen LogP) is 3.16. The molecule has 2 aromatic carbocycles. The number of halogens is 1. The number of rotatable bonds is 4. The molecule has 0 heterocycles. The van der Waals surface area contributed by atoms with Crippen molar-refractivity contribution in [3.63, 3.8) is 0 Å². The Balaban J connectivity index is 2.31. The molecule has 100 valence electrons. The van der Waals surface area contributed by atoms with Gasteiger partial charge in [-0.2, -0.15) is 0 Å². The van der Waals surface area contributed by atoms with E-state index < -0.39 is 11.9 Å². The van der Waals surface area contributed by atoms with Crippen LogP contribution in [0.15, 0.2) is 42.5 Å². The second kappa shape index (κ2) is 5.82. The van der Waals surface area contributed by atoms with Crippen molar-refractivity contribution in [1.29, 1.82) is 0 Å². The summed E-state index contributed by atoms with van der Waals surface area (Å²) in [7, 11) is 0. The predicted molar refractivity (Wildman–Crippen MR) is 69.5 cm³/mol. The van der Waals surface area contributed by atoms with E-state index in [1.54, 1.807) is 37.3 Å². The molecule has 1 atom stereocenters. The highest BCUT2D eigenvalue weighted by Gasteiger charge is 2.14. The Kier molecular flexibility index (Phi) is 4.14. The lowest BCUT2D eigenvalue weighted by Gasteiger charge is -2.14. The van der Waals surface area contributed by atoms with Gasteiger partial charge in [-0.1, -0.05) is 24.3 Å². The number of para-hydroxylation sites is 1. The molecular weight excluding hydrogens is 247 g/mol. The van der Waals surface area contributed by atoms with Gasteiger partial charge in [-0.3, -0.25) is 0 Å². The third kappa shape index (κ3) is 3.10. The molecule has 2 aromatic rings. The smallest absolute Gasteiger partial charge is 0.168 e. The van der Waals surface area contributed by atoms with Gasteiger partial charge < -0.3 is 14.9 Å². The molecule has 0 bridgehead atoms. The minimum Gasteiger partial charge on any atom is -0.454 e. The van der Waals surface area contributed by atoms with Crippen molar-refractivity contribution in [1.82, 2.24) is 0 Å². The maximum absolute atomic E-state index is 13.8. The van der Waals surface area contributed by atoms with Gasteiger partial charge in [-0.05, 0) is 30.7 Å². The largest absolute Gasteiger partial charge is 0.454 e. The van der Waals surface area contributed by atoms with Gasteiger partial charge in [0, 0.05) is 5.56 Å². The Bertz CT molecular complexity index is 550. The van der Waals surface area contributed by atoms with E-state index in [0.29, 0.717) is 11.3 Å². The van der Waals surface area contributed by atoms with Crippen molar-refractivity contribution in [3.05, 3.63) is 59.4 Å². The van der Waals surface area contributed by atoms with Crippen LogP contribution in [0.2, 0.25) is 0 Å². The average molecular weight is 262 g/mol. The summed E-state index contributed by atoms with van der Waals surface area (Å²) in [4.78, 5) is 0. The Morgan fingerprint density at radius 2 is 1.84 bits per heavy atom. The third-order valence-corrected chi connectivity index (χ3v) is 2.77. The van der Waals surface area contributed by atoms with Gasteiger partial charge >= 0.3 is 0 Å². The summed E-state index contributed by atoms with van der Waals surface area (Å²) in [5.41, 5.74) is 1.14. The molecule has 1 unspecified atom stereocenters. The molecule has 3 nitrogen and oxygen atoms in total. The molecule has 19 heavy (non-hydrogen) atoms. The van der Waals surface area contributed by atoms with Crippen LogP contribution in [-0.2, 0) is 6.61 Å². The fourth-order valence-electron chi connectivity index (χ4n) is 1.74. The molecule has 0 aromatic heterocycles. The lowest BCUT2D eigenvalue weighted by Crippen LogP contribution is -1.98. The SMILES string of the molecule is CC(O)c1cccc(F)c1Oc1ccc(CO)cc1. The first-order valence-corrected chi connectivity index (χ1v) is 5.96. The normalized spacial score (nSPS) is 12.2. The topological polar surface area (TPSA) is 49.7 Å². The molecule has 0 fully saturated rings. The van der Waals surface area contributed by atoms with E-state index in [1.807, 2.05) is 0 Å². The van der Waals surface area contributed by atoms with E-state index in [0.717, 1.165) is 5.56 Å². The van der Waals surface area contributed by atoms with Gasteiger partial charge in [-0.15, -0.1) is 0 Å². The van der Waals surface area contributed by atoms with Gasteiger partial charge in [0.2, 0.25) is 0 Å². The van der Waals surface area contributed by atoms with Crippen LogP contribution in [0, 0.1) is 5.82 Å². The number of ether oxygens (including phenoxy) is 1. The van der Waals surface area contributed by atoms with Gasteiger partial charge in [-0.25, -0.2) is 4.39 Å². The first-order valence-electron chi connectivity index (χ1n) is 5.96. The minimum absolute atomic E-state index is 0.0225. The third-order valence-electron chi connectivity index (χ3n) is 2.77. The molecule has 0 amide bonds. The second-order valence-corrected chi connectivity index (χ2v) is 4.24. The molecule has 0 radical (unpaired) electrons. The quantitative estimate of drug-likeness (QED) is 0.889. The van der Waals surface area contributed by atoms with Gasteiger partial charge in [0.25, 0.3) is 0 Å². The van der Waals surface area contributed by atoms with Crippen molar-refractivity contribution in [2.75, 3.05) is 0 Å². The van der Waals surface area contributed by atoms with E-state index >= 15 is 0 Å². The van der Waals surface area contributed by atoms with Gasteiger partial charge in [0.05, 0.1) is 12.7 Å². The first kappa shape index (κ1) is 13.5. The Morgan fingerprint density at radius 3 is 2.42 bits per heavy atom. The summed E-state index contributed by atoms with van der Waals surface area (Å²) in [5.74, 6) is -0.0527. The summed E-state index contributed by atoms with van der Waals surface area (Å²) in [6, 6.07) is 11.1. The highest BCUT2D eigenvalue weighted by atomic mass is 19.1. The van der Waals surface area contributed by atoms with Crippen molar-refractivity contribution in [3.8, 4) is 11.5 Å². The monoisotopic (exact) mass is 262 g/mol. The van der Waals surface area contributed by atoms with E-state index in [9.17, 15) is 9.50 Å². The van der Waals surface area contributed by atoms with Crippen LogP contribution in [0.3, 0.4) is 0 Å². The number of aliphatic hydroxyl groups is 2. The van der Waals surface area contributed by atoms with E-state index in [2.05, 4.69) is 0 Å². The molecule has 0 aliphatic rings. The summed E-state index contributed by atoms with van der Waals surface area (Å²) in [6.07, 6.45) is -0.817.